The van der Waals surface area contributed by atoms with Crippen LogP contribution < -0.4 is 10.1 Å². The highest BCUT2D eigenvalue weighted by atomic mass is 16.5. The number of benzene rings is 1. The number of hydrogen-bond donors (Lipinski definition) is 1. The van der Waals surface area contributed by atoms with E-state index in [-0.39, 0.29) is 0 Å². The summed E-state index contributed by atoms with van der Waals surface area (Å²) in [6.45, 7) is 2.20. The molecule has 1 aromatic carbocycles. The summed E-state index contributed by atoms with van der Waals surface area (Å²) in [4.78, 5) is 0. The van der Waals surface area contributed by atoms with Crippen molar-refractivity contribution in [1.82, 2.24) is 9.88 Å². The summed E-state index contributed by atoms with van der Waals surface area (Å²) in [5.41, 5.74) is 5.55. The molecule has 1 heterocycles. The first-order chi connectivity index (χ1) is 9.19. The van der Waals surface area contributed by atoms with Crippen molar-refractivity contribution >= 4 is 10.9 Å². The fraction of sp³-hybridized carbons (Fsp3) is 0.500. The minimum Gasteiger partial charge on any atom is -0.495 e. The highest BCUT2D eigenvalue weighted by Gasteiger charge is 2.27. The van der Waals surface area contributed by atoms with Crippen LogP contribution in [0, 0.1) is 6.92 Å². The minimum absolute atomic E-state index is 0.463. The molecule has 2 aromatic rings. The lowest BCUT2D eigenvalue weighted by molar-refractivity contribution is 0.417. The number of rotatable bonds is 2. The van der Waals surface area contributed by atoms with Crippen LogP contribution in [0.1, 0.15) is 35.7 Å². The highest BCUT2D eigenvalue weighted by Crippen LogP contribution is 2.41. The van der Waals surface area contributed by atoms with Crippen molar-refractivity contribution in [3.8, 4) is 5.75 Å². The van der Waals surface area contributed by atoms with Crippen molar-refractivity contribution < 1.29 is 4.74 Å². The van der Waals surface area contributed by atoms with Gasteiger partial charge in [0.15, 0.2) is 0 Å². The summed E-state index contributed by atoms with van der Waals surface area (Å²) < 4.78 is 7.90. The van der Waals surface area contributed by atoms with Crippen molar-refractivity contribution in [3.05, 3.63) is 29.0 Å². The average Bonchev–Trinajstić information content (AvgIpc) is 2.74. The highest BCUT2D eigenvalue weighted by molar-refractivity contribution is 5.93. The minimum atomic E-state index is 0.463. The molecular weight excluding hydrogens is 236 g/mol. The molecule has 0 spiro atoms. The molecule has 0 saturated carbocycles. The van der Waals surface area contributed by atoms with Crippen LogP contribution in [0.5, 0.6) is 5.75 Å². The van der Waals surface area contributed by atoms with Gasteiger partial charge in [-0.15, -0.1) is 0 Å². The molecule has 0 radical (unpaired) electrons. The van der Waals surface area contributed by atoms with Crippen LogP contribution in [-0.2, 0) is 13.5 Å². The SMILES string of the molecule is CNC1CCCc2c1n(C)c1c(OC)ccc(C)c21. The van der Waals surface area contributed by atoms with E-state index >= 15 is 0 Å². The van der Waals surface area contributed by atoms with E-state index in [9.17, 15) is 0 Å². The van der Waals surface area contributed by atoms with Gasteiger partial charge in [-0.05, 0) is 50.4 Å². The van der Waals surface area contributed by atoms with E-state index in [0.29, 0.717) is 6.04 Å². The zero-order valence-corrected chi connectivity index (χ0v) is 12.2. The fourth-order valence-corrected chi connectivity index (χ4v) is 3.60. The van der Waals surface area contributed by atoms with E-state index in [1.165, 1.54) is 47.0 Å². The van der Waals surface area contributed by atoms with Gasteiger partial charge >= 0.3 is 0 Å². The number of nitrogens with zero attached hydrogens (tertiary/aromatic N) is 1. The van der Waals surface area contributed by atoms with E-state index in [2.05, 4.69) is 43.0 Å². The maximum atomic E-state index is 5.57. The number of methoxy groups -OCH3 is 1. The van der Waals surface area contributed by atoms with E-state index in [0.717, 1.165) is 5.75 Å². The smallest absolute Gasteiger partial charge is 0.143 e. The maximum Gasteiger partial charge on any atom is 0.143 e. The third-order valence-corrected chi connectivity index (χ3v) is 4.47. The zero-order valence-electron chi connectivity index (χ0n) is 12.2. The quantitative estimate of drug-likeness (QED) is 0.896. The van der Waals surface area contributed by atoms with Crippen LogP contribution in [0.3, 0.4) is 0 Å². The maximum absolute atomic E-state index is 5.57. The first-order valence-electron chi connectivity index (χ1n) is 7.01. The summed E-state index contributed by atoms with van der Waals surface area (Å²) in [6.07, 6.45) is 3.65. The first kappa shape index (κ1) is 12.5. The second-order valence-electron chi connectivity index (χ2n) is 5.46. The number of ether oxygens (including phenoxy) is 1. The van der Waals surface area contributed by atoms with Crippen LogP contribution in [0.25, 0.3) is 10.9 Å². The lowest BCUT2D eigenvalue weighted by Crippen LogP contribution is -2.23. The van der Waals surface area contributed by atoms with Crippen LogP contribution in [0.2, 0.25) is 0 Å². The van der Waals surface area contributed by atoms with Crippen LogP contribution in [-0.4, -0.2) is 18.7 Å². The van der Waals surface area contributed by atoms with Crippen molar-refractivity contribution in [1.29, 1.82) is 0 Å². The van der Waals surface area contributed by atoms with Crippen molar-refractivity contribution in [2.75, 3.05) is 14.2 Å². The van der Waals surface area contributed by atoms with Gasteiger partial charge in [-0.3, -0.25) is 0 Å². The fourth-order valence-electron chi connectivity index (χ4n) is 3.60. The topological polar surface area (TPSA) is 26.2 Å². The number of nitrogens with one attached hydrogen (secondary N) is 1. The van der Waals surface area contributed by atoms with Crippen molar-refractivity contribution in [2.24, 2.45) is 7.05 Å². The van der Waals surface area contributed by atoms with E-state index in [1.54, 1.807) is 7.11 Å². The van der Waals surface area contributed by atoms with Gasteiger partial charge in [0.25, 0.3) is 0 Å². The Balaban J connectivity index is 2.40. The third-order valence-electron chi connectivity index (χ3n) is 4.47. The van der Waals surface area contributed by atoms with Crippen molar-refractivity contribution in [3.63, 3.8) is 0 Å². The Bertz CT molecular complexity index is 627. The molecule has 1 aliphatic rings. The molecule has 0 amide bonds. The Kier molecular flexibility index (Phi) is 3.02. The predicted molar refractivity (Wildman–Crippen MR) is 78.9 cm³/mol. The van der Waals surface area contributed by atoms with E-state index < -0.39 is 0 Å². The summed E-state index contributed by atoms with van der Waals surface area (Å²) in [5, 5.41) is 4.86. The van der Waals surface area contributed by atoms with Gasteiger partial charge in [-0.2, -0.15) is 0 Å². The predicted octanol–water partition coefficient (Wildman–Crippen LogP) is 3.09. The van der Waals surface area contributed by atoms with Gasteiger partial charge in [0, 0.05) is 24.2 Å². The van der Waals surface area contributed by atoms with Gasteiger partial charge in [0.1, 0.15) is 5.75 Å². The molecule has 1 N–H and O–H groups in total. The van der Waals surface area contributed by atoms with Gasteiger partial charge in [-0.1, -0.05) is 6.07 Å². The molecule has 0 aliphatic heterocycles. The van der Waals surface area contributed by atoms with Gasteiger partial charge in [0.05, 0.1) is 12.6 Å². The molecule has 1 atom stereocenters. The standard InChI is InChI=1S/C16H22N2O/c1-10-8-9-13(19-4)16-14(10)11-6-5-7-12(17-2)15(11)18(16)3/h8-9,12,17H,5-7H2,1-4H3. The summed E-state index contributed by atoms with van der Waals surface area (Å²) in [6, 6.07) is 4.72. The molecule has 0 fully saturated rings. The second kappa shape index (κ2) is 4.57. The first-order valence-corrected chi connectivity index (χ1v) is 7.01. The Morgan fingerprint density at radius 1 is 1.37 bits per heavy atom. The molecule has 0 bridgehead atoms. The molecule has 3 heteroatoms. The van der Waals surface area contributed by atoms with Gasteiger partial charge in [-0.25, -0.2) is 0 Å². The molecule has 1 aromatic heterocycles. The molecule has 3 nitrogen and oxygen atoms in total. The normalized spacial score (nSPS) is 18.6. The van der Waals surface area contributed by atoms with Gasteiger partial charge in [0.2, 0.25) is 0 Å². The molecule has 102 valence electrons. The Morgan fingerprint density at radius 2 is 2.16 bits per heavy atom. The largest absolute Gasteiger partial charge is 0.495 e. The van der Waals surface area contributed by atoms with Crippen molar-refractivity contribution in [2.45, 2.75) is 32.2 Å². The third kappa shape index (κ3) is 1.68. The number of fused-ring (bicyclic) bond motifs is 3. The molecular formula is C16H22N2O. The van der Waals surface area contributed by atoms with Gasteiger partial charge < -0.3 is 14.6 Å². The monoisotopic (exact) mass is 258 g/mol. The number of hydrogen-bond acceptors (Lipinski definition) is 2. The lowest BCUT2D eigenvalue weighted by atomic mass is 9.90. The Hall–Kier alpha value is -1.48. The molecule has 19 heavy (non-hydrogen) atoms. The average molecular weight is 258 g/mol. The summed E-state index contributed by atoms with van der Waals surface area (Å²) in [5.74, 6) is 0.979. The molecule has 0 saturated heterocycles. The summed E-state index contributed by atoms with van der Waals surface area (Å²) >= 11 is 0. The van der Waals surface area contributed by atoms with E-state index in [4.69, 9.17) is 4.74 Å². The Morgan fingerprint density at radius 3 is 2.84 bits per heavy atom. The second-order valence-corrected chi connectivity index (χ2v) is 5.46. The molecule has 1 unspecified atom stereocenters. The molecule has 1 aliphatic carbocycles. The molecule has 3 rings (SSSR count). The Labute approximate surface area is 114 Å². The van der Waals surface area contributed by atoms with Crippen LogP contribution in [0.4, 0.5) is 0 Å². The summed E-state index contributed by atoms with van der Waals surface area (Å²) in [7, 11) is 5.98. The van der Waals surface area contributed by atoms with Crippen LogP contribution >= 0.6 is 0 Å². The lowest BCUT2D eigenvalue weighted by Gasteiger charge is -2.24. The van der Waals surface area contributed by atoms with Crippen LogP contribution in [0.15, 0.2) is 12.1 Å². The van der Waals surface area contributed by atoms with E-state index in [1.807, 2.05) is 0 Å². The number of aromatic nitrogens is 1. The zero-order chi connectivity index (χ0) is 13.6. The number of aryl methyl sites for hydroxylation is 3.